The third-order valence-corrected chi connectivity index (χ3v) is 10.6. The second kappa shape index (κ2) is 33.3. The van der Waals surface area contributed by atoms with Gasteiger partial charge in [0.15, 0.2) is 0 Å². The minimum Gasteiger partial charge on any atom is -0.756 e. The minimum absolute atomic E-state index is 0.0157. The number of unbranched alkanes of at least 4 members (excludes halogenated alkanes) is 25. The Morgan fingerprint density at radius 2 is 1.00 bits per heavy atom. The van der Waals surface area contributed by atoms with Crippen molar-refractivity contribution in [2.75, 3.05) is 40.9 Å². The van der Waals surface area contributed by atoms with Crippen LogP contribution < -0.4 is 10.2 Å². The van der Waals surface area contributed by atoms with E-state index in [0.717, 1.165) is 38.5 Å². The molecule has 9 heteroatoms. The van der Waals surface area contributed by atoms with Crippen LogP contribution >= 0.6 is 7.82 Å². The fourth-order valence-electron chi connectivity index (χ4n) is 6.22. The molecule has 0 aromatic carbocycles. The summed E-state index contributed by atoms with van der Waals surface area (Å²) in [5.41, 5.74) is 0. The van der Waals surface area contributed by atoms with Gasteiger partial charge in [0.05, 0.1) is 39.9 Å². The van der Waals surface area contributed by atoms with Crippen molar-refractivity contribution in [2.24, 2.45) is 0 Å². The van der Waals surface area contributed by atoms with Crippen molar-refractivity contribution in [2.45, 2.75) is 212 Å². The summed E-state index contributed by atoms with van der Waals surface area (Å²) in [5.74, 6) is -0.165. The fraction of sp³-hybridized carbons (Fsp3) is 0.975. The second-order valence-electron chi connectivity index (χ2n) is 15.7. The molecule has 0 aromatic rings. The van der Waals surface area contributed by atoms with Crippen LogP contribution in [0, 0.1) is 0 Å². The largest absolute Gasteiger partial charge is 0.756 e. The van der Waals surface area contributed by atoms with E-state index in [1.54, 1.807) is 0 Å². The molecule has 0 rings (SSSR count). The van der Waals surface area contributed by atoms with Crippen LogP contribution in [0.5, 0.6) is 0 Å². The number of quaternary nitrogens is 1. The smallest absolute Gasteiger partial charge is 0.268 e. The van der Waals surface area contributed by atoms with Gasteiger partial charge < -0.3 is 28.8 Å². The number of phosphoric ester groups is 1. The van der Waals surface area contributed by atoms with Crippen LogP contribution in [0.2, 0.25) is 0 Å². The maximum atomic E-state index is 12.8. The average Bonchev–Trinajstić information content (AvgIpc) is 3.04. The van der Waals surface area contributed by atoms with Gasteiger partial charge >= 0.3 is 0 Å². The van der Waals surface area contributed by atoms with Crippen molar-refractivity contribution in [3.8, 4) is 0 Å². The Kier molecular flexibility index (Phi) is 33.0. The van der Waals surface area contributed by atoms with Crippen LogP contribution in [-0.4, -0.2) is 68.5 Å². The molecule has 0 spiro atoms. The van der Waals surface area contributed by atoms with E-state index in [4.69, 9.17) is 9.05 Å². The van der Waals surface area contributed by atoms with Crippen molar-refractivity contribution >= 4 is 13.7 Å². The molecular formula is C40H83N2O6P. The van der Waals surface area contributed by atoms with Crippen LogP contribution in [0.1, 0.15) is 200 Å². The summed E-state index contributed by atoms with van der Waals surface area (Å²) < 4.78 is 23.2. The Morgan fingerprint density at radius 1 is 0.633 bits per heavy atom. The first-order valence-electron chi connectivity index (χ1n) is 20.9. The Labute approximate surface area is 304 Å². The van der Waals surface area contributed by atoms with E-state index in [9.17, 15) is 19.4 Å². The highest BCUT2D eigenvalue weighted by molar-refractivity contribution is 7.45. The summed E-state index contributed by atoms with van der Waals surface area (Å²) >= 11 is 0. The average molecular weight is 719 g/mol. The number of hydrogen-bond acceptors (Lipinski definition) is 6. The third-order valence-electron chi connectivity index (χ3n) is 9.60. The highest BCUT2D eigenvalue weighted by Gasteiger charge is 2.24. The van der Waals surface area contributed by atoms with Crippen LogP contribution in [0.25, 0.3) is 0 Å². The zero-order chi connectivity index (χ0) is 36.5. The van der Waals surface area contributed by atoms with Crippen molar-refractivity contribution < 1.29 is 32.9 Å². The Bertz CT molecular complexity index is 778. The van der Waals surface area contributed by atoms with Crippen molar-refractivity contribution in [3.05, 3.63) is 0 Å². The van der Waals surface area contributed by atoms with E-state index < -0.39 is 20.0 Å². The molecule has 0 heterocycles. The van der Waals surface area contributed by atoms with Crippen LogP contribution in [0.3, 0.4) is 0 Å². The normalized spacial score (nSPS) is 14.5. The predicted molar refractivity (Wildman–Crippen MR) is 206 cm³/mol. The van der Waals surface area contributed by atoms with E-state index in [0.29, 0.717) is 23.9 Å². The van der Waals surface area contributed by atoms with Gasteiger partial charge in [-0.15, -0.1) is 0 Å². The van der Waals surface area contributed by atoms with Gasteiger partial charge in [-0.3, -0.25) is 9.36 Å². The lowest BCUT2D eigenvalue weighted by molar-refractivity contribution is -0.870. The summed E-state index contributed by atoms with van der Waals surface area (Å²) in [4.78, 5) is 25.2. The summed E-state index contributed by atoms with van der Waals surface area (Å²) in [6.07, 6.45) is 33.9. The van der Waals surface area contributed by atoms with Crippen molar-refractivity contribution in [1.29, 1.82) is 0 Å². The zero-order valence-corrected chi connectivity index (χ0v) is 34.1. The standard InChI is InChI=1S/C40H83N2O6P/c1-6-8-10-12-14-16-18-19-20-21-22-23-24-25-27-29-31-33-39(43)38(37-48-49(45,46)47-36-35-42(3,4)5)41-40(44)34-32-30-28-26-17-15-13-11-9-7-2/h38-39,43H,6-37H2,1-5H3,(H-,41,44,45,46)/t38-,39+/m0/s1. The number of amides is 1. The van der Waals surface area contributed by atoms with Gasteiger partial charge in [0.25, 0.3) is 7.82 Å². The first-order chi connectivity index (χ1) is 23.5. The zero-order valence-electron chi connectivity index (χ0n) is 33.2. The summed E-state index contributed by atoms with van der Waals surface area (Å²) in [6, 6.07) is -0.791. The molecule has 0 aliphatic rings. The molecule has 0 aromatic heterocycles. The lowest BCUT2D eigenvalue weighted by Gasteiger charge is -2.30. The molecule has 2 N–H and O–H groups in total. The molecule has 0 bridgehead atoms. The number of rotatable bonds is 38. The molecule has 0 aliphatic carbocycles. The number of phosphoric acid groups is 1. The monoisotopic (exact) mass is 719 g/mol. The topological polar surface area (TPSA) is 108 Å². The third kappa shape index (κ3) is 35.7. The maximum absolute atomic E-state index is 12.8. The SMILES string of the molecule is CCCCCCCCCCCCCCCCCCC[C@@H](O)[C@H](COP(=O)([O-])OCC[N+](C)(C)C)NC(=O)CCCCCCCCCCCC. The fourth-order valence-corrected chi connectivity index (χ4v) is 6.94. The van der Waals surface area contributed by atoms with Crippen molar-refractivity contribution in [3.63, 3.8) is 0 Å². The second-order valence-corrected chi connectivity index (χ2v) is 17.1. The van der Waals surface area contributed by atoms with Gasteiger partial charge in [0.2, 0.25) is 5.91 Å². The number of aliphatic hydroxyl groups excluding tert-OH is 1. The number of carbonyl (C=O) groups is 1. The van der Waals surface area contributed by atoms with Gasteiger partial charge in [-0.25, -0.2) is 0 Å². The number of aliphatic hydroxyl groups is 1. The van der Waals surface area contributed by atoms with E-state index >= 15 is 0 Å². The van der Waals surface area contributed by atoms with Gasteiger partial charge in [0, 0.05) is 6.42 Å². The van der Waals surface area contributed by atoms with E-state index in [2.05, 4.69) is 19.2 Å². The molecule has 1 unspecified atom stereocenters. The van der Waals surface area contributed by atoms with Gasteiger partial charge in [-0.1, -0.05) is 181 Å². The van der Waals surface area contributed by atoms with E-state index in [1.807, 2.05) is 21.1 Å². The first kappa shape index (κ1) is 48.5. The van der Waals surface area contributed by atoms with E-state index in [1.165, 1.54) is 135 Å². The molecule has 0 radical (unpaired) electrons. The maximum Gasteiger partial charge on any atom is 0.268 e. The van der Waals surface area contributed by atoms with Crippen molar-refractivity contribution in [1.82, 2.24) is 5.32 Å². The Balaban J connectivity index is 4.34. The molecule has 294 valence electrons. The number of nitrogens with zero attached hydrogens (tertiary/aromatic N) is 1. The Hall–Kier alpha value is -0.500. The molecule has 49 heavy (non-hydrogen) atoms. The number of carbonyl (C=O) groups excluding carboxylic acids is 1. The number of nitrogens with one attached hydrogen (secondary N) is 1. The van der Waals surface area contributed by atoms with E-state index in [-0.39, 0.29) is 19.1 Å². The number of hydrogen-bond donors (Lipinski definition) is 2. The summed E-state index contributed by atoms with van der Waals surface area (Å²) in [5, 5.41) is 13.9. The molecule has 1 amide bonds. The first-order valence-corrected chi connectivity index (χ1v) is 22.3. The molecule has 0 saturated heterocycles. The van der Waals surface area contributed by atoms with Crippen LogP contribution in [0.15, 0.2) is 0 Å². The summed E-state index contributed by atoms with van der Waals surface area (Å²) in [7, 11) is 1.31. The van der Waals surface area contributed by atoms with Crippen LogP contribution in [-0.2, 0) is 18.4 Å². The predicted octanol–water partition coefficient (Wildman–Crippen LogP) is 10.4. The highest BCUT2D eigenvalue weighted by atomic mass is 31.2. The molecule has 0 saturated carbocycles. The Morgan fingerprint density at radius 3 is 1.39 bits per heavy atom. The molecule has 3 atom stereocenters. The quantitative estimate of drug-likeness (QED) is 0.0374. The van der Waals surface area contributed by atoms with Gasteiger partial charge in [-0.2, -0.15) is 0 Å². The van der Waals surface area contributed by atoms with Gasteiger partial charge in [-0.05, 0) is 12.8 Å². The molecule has 0 fully saturated rings. The molecule has 8 nitrogen and oxygen atoms in total. The number of likely N-dealkylation sites (N-methyl/N-ethyl adjacent to an activating group) is 1. The minimum atomic E-state index is -4.55. The highest BCUT2D eigenvalue weighted by Crippen LogP contribution is 2.38. The summed E-state index contributed by atoms with van der Waals surface area (Å²) in [6.45, 7) is 4.71. The molecular weight excluding hydrogens is 635 g/mol. The van der Waals surface area contributed by atoms with Crippen LogP contribution in [0.4, 0.5) is 0 Å². The lowest BCUT2D eigenvalue weighted by Crippen LogP contribution is -2.46. The molecule has 0 aliphatic heterocycles. The lowest BCUT2D eigenvalue weighted by atomic mass is 10.0. The van der Waals surface area contributed by atoms with Gasteiger partial charge in [0.1, 0.15) is 13.2 Å².